The molecule has 2 aromatic rings. The first-order valence-electron chi connectivity index (χ1n) is 10.5. The van der Waals surface area contributed by atoms with Crippen LogP contribution in [-0.4, -0.2) is 48.2 Å². The van der Waals surface area contributed by atoms with E-state index in [1.54, 1.807) is 21.1 Å². The number of methoxy groups -OCH3 is 2. The minimum absolute atomic E-state index is 0.292. The standard InChI is InChI=1S/C25H33NO5/c1-23(2,19-10-8-7-9-11-19)17-24(3)25(4,28)26(22(27)31-24)15-14-18-12-13-20(29-5)21(16-18)30-6/h7-13,16,28H,14-15,17H2,1-6H3/t24-,25+/m1/s1. The van der Waals surface area contributed by atoms with Gasteiger partial charge in [0.1, 0.15) is 0 Å². The largest absolute Gasteiger partial charge is 0.493 e. The third-order valence-electron chi connectivity index (χ3n) is 6.47. The molecule has 0 saturated carbocycles. The number of hydrogen-bond acceptors (Lipinski definition) is 5. The molecule has 0 radical (unpaired) electrons. The van der Waals surface area contributed by atoms with E-state index in [1.165, 1.54) is 4.90 Å². The highest BCUT2D eigenvalue weighted by Crippen LogP contribution is 2.45. The fourth-order valence-corrected chi connectivity index (χ4v) is 4.43. The van der Waals surface area contributed by atoms with E-state index < -0.39 is 17.4 Å². The highest BCUT2D eigenvalue weighted by molar-refractivity contribution is 5.72. The predicted octanol–water partition coefficient (Wildman–Crippen LogP) is 4.53. The van der Waals surface area contributed by atoms with E-state index >= 15 is 0 Å². The first kappa shape index (κ1) is 22.9. The predicted molar refractivity (Wildman–Crippen MR) is 120 cm³/mol. The Bertz CT molecular complexity index is 925. The zero-order valence-corrected chi connectivity index (χ0v) is 19.3. The molecule has 0 aromatic heterocycles. The molecule has 3 rings (SSSR count). The first-order valence-corrected chi connectivity index (χ1v) is 10.5. The lowest BCUT2D eigenvalue weighted by molar-refractivity contribution is -0.145. The molecule has 1 aliphatic rings. The van der Waals surface area contributed by atoms with Gasteiger partial charge < -0.3 is 19.3 Å². The maximum Gasteiger partial charge on any atom is 0.412 e. The van der Waals surface area contributed by atoms with Gasteiger partial charge in [0.05, 0.1) is 14.2 Å². The summed E-state index contributed by atoms with van der Waals surface area (Å²) in [6.07, 6.45) is 0.524. The lowest BCUT2D eigenvalue weighted by atomic mass is 9.72. The van der Waals surface area contributed by atoms with Gasteiger partial charge in [-0.3, -0.25) is 4.90 Å². The van der Waals surface area contributed by atoms with Crippen molar-refractivity contribution in [2.75, 3.05) is 20.8 Å². The SMILES string of the molecule is COc1ccc(CCN2C(=O)O[C@](C)(CC(C)(C)c3ccccc3)[C@]2(C)O)cc1OC. The van der Waals surface area contributed by atoms with E-state index in [9.17, 15) is 9.90 Å². The molecule has 1 fully saturated rings. The number of amides is 1. The van der Waals surface area contributed by atoms with Crippen molar-refractivity contribution in [2.24, 2.45) is 0 Å². The van der Waals surface area contributed by atoms with Crippen molar-refractivity contribution in [3.8, 4) is 11.5 Å². The highest BCUT2D eigenvalue weighted by Gasteiger charge is 2.60. The van der Waals surface area contributed by atoms with Gasteiger partial charge in [0.15, 0.2) is 22.8 Å². The number of nitrogens with zero attached hydrogens (tertiary/aromatic N) is 1. The molecular formula is C25H33NO5. The van der Waals surface area contributed by atoms with Gasteiger partial charge in [0, 0.05) is 13.0 Å². The molecule has 1 N–H and O–H groups in total. The quantitative estimate of drug-likeness (QED) is 0.670. The molecule has 0 bridgehead atoms. The number of hydrogen-bond donors (Lipinski definition) is 1. The third kappa shape index (κ3) is 4.35. The Morgan fingerprint density at radius 2 is 1.68 bits per heavy atom. The lowest BCUT2D eigenvalue weighted by Gasteiger charge is -2.42. The van der Waals surface area contributed by atoms with Gasteiger partial charge in [-0.25, -0.2) is 4.79 Å². The molecule has 2 atom stereocenters. The van der Waals surface area contributed by atoms with Gasteiger partial charge in [0.2, 0.25) is 0 Å². The van der Waals surface area contributed by atoms with Crippen LogP contribution in [0.2, 0.25) is 0 Å². The van der Waals surface area contributed by atoms with Crippen molar-refractivity contribution in [1.29, 1.82) is 0 Å². The molecule has 1 aliphatic heterocycles. The summed E-state index contributed by atoms with van der Waals surface area (Å²) in [7, 11) is 3.18. The van der Waals surface area contributed by atoms with Gasteiger partial charge in [-0.15, -0.1) is 0 Å². The Kier molecular flexibility index (Phi) is 6.23. The number of aliphatic hydroxyl groups is 1. The van der Waals surface area contributed by atoms with Crippen molar-refractivity contribution in [2.45, 2.75) is 57.3 Å². The number of carbonyl (C=O) groups excluding carboxylic acids is 1. The van der Waals surface area contributed by atoms with E-state index in [-0.39, 0.29) is 5.41 Å². The van der Waals surface area contributed by atoms with E-state index in [1.807, 2.05) is 43.3 Å². The van der Waals surface area contributed by atoms with Gasteiger partial charge >= 0.3 is 6.09 Å². The summed E-state index contributed by atoms with van der Waals surface area (Å²) >= 11 is 0. The molecule has 31 heavy (non-hydrogen) atoms. The van der Waals surface area contributed by atoms with Crippen LogP contribution in [0.15, 0.2) is 48.5 Å². The van der Waals surface area contributed by atoms with Gasteiger partial charge in [-0.1, -0.05) is 50.2 Å². The lowest BCUT2D eigenvalue weighted by Crippen LogP contribution is -2.57. The molecule has 168 valence electrons. The zero-order valence-electron chi connectivity index (χ0n) is 19.3. The second-order valence-corrected chi connectivity index (χ2v) is 9.14. The summed E-state index contributed by atoms with van der Waals surface area (Å²) in [6, 6.07) is 15.7. The van der Waals surface area contributed by atoms with E-state index in [0.717, 1.165) is 11.1 Å². The summed E-state index contributed by atoms with van der Waals surface area (Å²) in [4.78, 5) is 14.2. The molecule has 1 amide bonds. The summed E-state index contributed by atoms with van der Waals surface area (Å²) in [5.74, 6) is 1.28. The summed E-state index contributed by atoms with van der Waals surface area (Å²) < 4.78 is 16.4. The number of rotatable bonds is 8. The average molecular weight is 428 g/mol. The molecule has 1 saturated heterocycles. The van der Waals surface area contributed by atoms with Gasteiger partial charge in [0.25, 0.3) is 0 Å². The van der Waals surface area contributed by atoms with E-state index in [2.05, 4.69) is 26.0 Å². The molecule has 1 heterocycles. The average Bonchev–Trinajstić information content (AvgIpc) is 2.89. The van der Waals surface area contributed by atoms with Crippen molar-refractivity contribution in [3.63, 3.8) is 0 Å². The van der Waals surface area contributed by atoms with Crippen LogP contribution in [0.25, 0.3) is 0 Å². The monoisotopic (exact) mass is 427 g/mol. The van der Waals surface area contributed by atoms with Crippen LogP contribution in [0.5, 0.6) is 11.5 Å². The molecule has 0 spiro atoms. The maximum atomic E-state index is 12.8. The summed E-state index contributed by atoms with van der Waals surface area (Å²) in [5, 5.41) is 11.5. The Labute approximate surface area is 184 Å². The van der Waals surface area contributed by atoms with E-state index in [0.29, 0.717) is 30.9 Å². The van der Waals surface area contributed by atoms with Crippen LogP contribution in [0.4, 0.5) is 4.79 Å². The number of ether oxygens (including phenoxy) is 3. The molecule has 6 heteroatoms. The highest BCUT2D eigenvalue weighted by atomic mass is 16.6. The fraction of sp³-hybridized carbons (Fsp3) is 0.480. The zero-order chi connectivity index (χ0) is 22.9. The van der Waals surface area contributed by atoms with Crippen molar-refractivity contribution < 1.29 is 24.1 Å². The summed E-state index contributed by atoms with van der Waals surface area (Å²) in [6.45, 7) is 8.00. The Hall–Kier alpha value is -2.73. The van der Waals surface area contributed by atoms with Crippen LogP contribution in [-0.2, 0) is 16.6 Å². The van der Waals surface area contributed by atoms with Crippen LogP contribution < -0.4 is 9.47 Å². The Morgan fingerprint density at radius 1 is 1.03 bits per heavy atom. The second kappa shape index (κ2) is 8.42. The molecular weight excluding hydrogens is 394 g/mol. The molecule has 0 aliphatic carbocycles. The third-order valence-corrected chi connectivity index (χ3v) is 6.47. The second-order valence-electron chi connectivity index (χ2n) is 9.14. The Balaban J connectivity index is 1.77. The molecule has 6 nitrogen and oxygen atoms in total. The van der Waals surface area contributed by atoms with Crippen LogP contribution in [0.1, 0.15) is 45.2 Å². The topological polar surface area (TPSA) is 68.2 Å². The van der Waals surface area contributed by atoms with Crippen LogP contribution in [0.3, 0.4) is 0 Å². The summed E-state index contributed by atoms with van der Waals surface area (Å²) in [5.41, 5.74) is -0.695. The molecule has 0 unspecified atom stereocenters. The first-order chi connectivity index (χ1) is 14.5. The maximum absolute atomic E-state index is 12.8. The smallest absolute Gasteiger partial charge is 0.412 e. The van der Waals surface area contributed by atoms with E-state index in [4.69, 9.17) is 14.2 Å². The van der Waals surface area contributed by atoms with Gasteiger partial charge in [-0.05, 0) is 48.9 Å². The van der Waals surface area contributed by atoms with Crippen molar-refractivity contribution in [1.82, 2.24) is 4.90 Å². The van der Waals surface area contributed by atoms with Gasteiger partial charge in [-0.2, -0.15) is 0 Å². The van der Waals surface area contributed by atoms with Crippen LogP contribution >= 0.6 is 0 Å². The minimum atomic E-state index is -1.45. The minimum Gasteiger partial charge on any atom is -0.493 e. The Morgan fingerprint density at radius 3 is 2.29 bits per heavy atom. The van der Waals surface area contributed by atoms with Crippen molar-refractivity contribution >= 4 is 6.09 Å². The number of benzene rings is 2. The normalized spacial score (nSPS) is 23.6. The van der Waals surface area contributed by atoms with Crippen molar-refractivity contribution in [3.05, 3.63) is 59.7 Å². The molecule has 2 aromatic carbocycles. The number of cyclic esters (lactones) is 1. The number of carbonyl (C=O) groups is 1. The fourth-order valence-electron chi connectivity index (χ4n) is 4.43. The van der Waals surface area contributed by atoms with Crippen LogP contribution in [0, 0.1) is 0 Å².